The molecule has 164 valence electrons. The normalized spacial score (nSPS) is 12.3. The zero-order chi connectivity index (χ0) is 22.9. The fourth-order valence-corrected chi connectivity index (χ4v) is 3.72. The van der Waals surface area contributed by atoms with Crippen molar-refractivity contribution < 1.29 is 19.1 Å². The maximum atomic E-state index is 13.5. The molecule has 1 atom stereocenters. The van der Waals surface area contributed by atoms with Crippen LogP contribution in [0.15, 0.2) is 44.3 Å². The highest BCUT2D eigenvalue weighted by Crippen LogP contribution is 2.33. The molecule has 0 aliphatic rings. The standard InChI is InChI=1S/C23H26N2O6/c1-12(2)11-25-18-6-5-15(30-4)8-14(18)9-17(23(25)29)16(10-20(24)27)22-21(28)19(26)7-13(3)31-22/h5-9,12,16,28H,10-11H2,1-4H3,(H2,24,27)/t16-/m1/s1. The first-order chi connectivity index (χ1) is 14.6. The number of hydrogen-bond acceptors (Lipinski definition) is 6. The predicted molar refractivity (Wildman–Crippen MR) is 117 cm³/mol. The molecule has 3 aromatic rings. The Hall–Kier alpha value is -3.55. The van der Waals surface area contributed by atoms with E-state index in [2.05, 4.69) is 0 Å². The number of aromatic hydroxyl groups is 1. The summed E-state index contributed by atoms with van der Waals surface area (Å²) in [5.74, 6) is -1.50. The summed E-state index contributed by atoms with van der Waals surface area (Å²) < 4.78 is 12.5. The Morgan fingerprint density at radius 3 is 2.55 bits per heavy atom. The summed E-state index contributed by atoms with van der Waals surface area (Å²) in [4.78, 5) is 37.5. The molecule has 0 saturated carbocycles. The van der Waals surface area contributed by atoms with E-state index in [0.29, 0.717) is 23.2 Å². The minimum absolute atomic E-state index is 0.153. The summed E-state index contributed by atoms with van der Waals surface area (Å²) in [5.41, 5.74) is 5.35. The van der Waals surface area contributed by atoms with Gasteiger partial charge in [0.2, 0.25) is 17.1 Å². The first-order valence-electron chi connectivity index (χ1n) is 9.95. The molecule has 0 aliphatic heterocycles. The van der Waals surface area contributed by atoms with Crippen LogP contribution < -0.4 is 21.5 Å². The number of nitrogens with two attached hydrogens (primary N) is 1. The van der Waals surface area contributed by atoms with Crippen molar-refractivity contribution in [1.29, 1.82) is 0 Å². The predicted octanol–water partition coefficient (Wildman–Crippen LogP) is 2.64. The molecule has 8 heteroatoms. The van der Waals surface area contributed by atoms with Gasteiger partial charge in [-0.05, 0) is 37.1 Å². The van der Waals surface area contributed by atoms with Crippen LogP contribution >= 0.6 is 0 Å². The zero-order valence-electron chi connectivity index (χ0n) is 18.0. The number of carbonyl (C=O) groups is 1. The Labute approximate surface area is 178 Å². The van der Waals surface area contributed by atoms with Crippen molar-refractivity contribution in [3.05, 3.63) is 68.0 Å². The van der Waals surface area contributed by atoms with Crippen LogP contribution in [0.5, 0.6) is 11.5 Å². The van der Waals surface area contributed by atoms with E-state index in [1.54, 1.807) is 42.9 Å². The molecule has 0 spiro atoms. The van der Waals surface area contributed by atoms with Gasteiger partial charge in [-0.2, -0.15) is 0 Å². The number of amides is 1. The summed E-state index contributed by atoms with van der Waals surface area (Å²) in [6.45, 7) is 5.96. The number of pyridine rings is 1. The number of carbonyl (C=O) groups excluding carboxylic acids is 1. The molecular formula is C23H26N2O6. The van der Waals surface area contributed by atoms with Gasteiger partial charge < -0.3 is 24.6 Å². The van der Waals surface area contributed by atoms with Crippen molar-refractivity contribution >= 4 is 16.8 Å². The Bertz CT molecular complexity index is 1260. The topological polar surface area (TPSA) is 125 Å². The summed E-state index contributed by atoms with van der Waals surface area (Å²) in [6, 6.07) is 8.12. The number of aromatic nitrogens is 1. The third-order valence-electron chi connectivity index (χ3n) is 5.05. The molecule has 1 amide bonds. The molecule has 0 aliphatic carbocycles. The number of fused-ring (bicyclic) bond motifs is 1. The smallest absolute Gasteiger partial charge is 0.255 e. The molecule has 0 bridgehead atoms. The average Bonchev–Trinajstić information content (AvgIpc) is 2.70. The van der Waals surface area contributed by atoms with E-state index in [1.807, 2.05) is 13.8 Å². The first kappa shape index (κ1) is 22.1. The first-order valence-corrected chi connectivity index (χ1v) is 9.95. The van der Waals surface area contributed by atoms with Gasteiger partial charge in [0.15, 0.2) is 5.76 Å². The van der Waals surface area contributed by atoms with Gasteiger partial charge in [0.25, 0.3) is 5.56 Å². The van der Waals surface area contributed by atoms with Gasteiger partial charge in [-0.25, -0.2) is 0 Å². The Balaban J connectivity index is 2.38. The Kier molecular flexibility index (Phi) is 6.19. The maximum absolute atomic E-state index is 13.5. The Morgan fingerprint density at radius 2 is 1.94 bits per heavy atom. The van der Waals surface area contributed by atoms with Crippen LogP contribution in [0.25, 0.3) is 10.9 Å². The van der Waals surface area contributed by atoms with Gasteiger partial charge >= 0.3 is 0 Å². The lowest BCUT2D eigenvalue weighted by atomic mass is 9.91. The molecule has 0 unspecified atom stereocenters. The average molecular weight is 426 g/mol. The highest BCUT2D eigenvalue weighted by Gasteiger charge is 2.28. The quantitative estimate of drug-likeness (QED) is 0.598. The third kappa shape index (κ3) is 4.47. The molecule has 0 radical (unpaired) electrons. The van der Waals surface area contributed by atoms with Crippen LogP contribution in [-0.2, 0) is 11.3 Å². The van der Waals surface area contributed by atoms with Crippen LogP contribution in [0.1, 0.15) is 43.3 Å². The second-order valence-electron chi connectivity index (χ2n) is 7.99. The molecule has 31 heavy (non-hydrogen) atoms. The van der Waals surface area contributed by atoms with Crippen molar-refractivity contribution in [3.8, 4) is 11.5 Å². The summed E-state index contributed by atoms with van der Waals surface area (Å²) in [5, 5.41) is 11.1. The number of primary amides is 1. The number of methoxy groups -OCH3 is 1. The number of ether oxygens (including phenoxy) is 1. The number of nitrogens with zero attached hydrogens (tertiary/aromatic N) is 1. The molecule has 0 fully saturated rings. The van der Waals surface area contributed by atoms with Crippen LogP contribution in [-0.4, -0.2) is 22.7 Å². The lowest BCUT2D eigenvalue weighted by Gasteiger charge is -2.20. The van der Waals surface area contributed by atoms with E-state index in [1.165, 1.54) is 0 Å². The molecule has 2 heterocycles. The van der Waals surface area contributed by atoms with Crippen molar-refractivity contribution in [3.63, 3.8) is 0 Å². The molecule has 2 aromatic heterocycles. The van der Waals surface area contributed by atoms with Crippen molar-refractivity contribution in [2.75, 3.05) is 7.11 Å². The minimum Gasteiger partial charge on any atom is -0.502 e. The number of hydrogen-bond donors (Lipinski definition) is 2. The van der Waals surface area contributed by atoms with Gasteiger partial charge in [-0.15, -0.1) is 0 Å². The lowest BCUT2D eigenvalue weighted by molar-refractivity contribution is -0.118. The third-order valence-corrected chi connectivity index (χ3v) is 5.05. The van der Waals surface area contributed by atoms with Crippen molar-refractivity contribution in [2.24, 2.45) is 11.7 Å². The van der Waals surface area contributed by atoms with E-state index in [4.69, 9.17) is 14.9 Å². The Morgan fingerprint density at radius 1 is 1.23 bits per heavy atom. The molecule has 0 saturated heterocycles. The van der Waals surface area contributed by atoms with E-state index < -0.39 is 23.0 Å². The van der Waals surface area contributed by atoms with Crippen molar-refractivity contribution in [1.82, 2.24) is 4.57 Å². The second kappa shape index (κ2) is 8.67. The number of aryl methyl sites for hydroxylation is 1. The van der Waals surface area contributed by atoms with E-state index in [-0.39, 0.29) is 35.0 Å². The zero-order valence-corrected chi connectivity index (χ0v) is 18.0. The second-order valence-corrected chi connectivity index (χ2v) is 7.99. The van der Waals surface area contributed by atoms with Gasteiger partial charge in [-0.3, -0.25) is 14.4 Å². The van der Waals surface area contributed by atoms with Crippen LogP contribution in [0.3, 0.4) is 0 Å². The van der Waals surface area contributed by atoms with Crippen LogP contribution in [0.2, 0.25) is 0 Å². The highest BCUT2D eigenvalue weighted by atomic mass is 16.5. The fourth-order valence-electron chi connectivity index (χ4n) is 3.72. The lowest BCUT2D eigenvalue weighted by Crippen LogP contribution is -2.29. The fraction of sp³-hybridized carbons (Fsp3) is 0.348. The number of benzene rings is 1. The highest BCUT2D eigenvalue weighted by molar-refractivity contribution is 5.82. The van der Waals surface area contributed by atoms with Crippen molar-refractivity contribution in [2.45, 2.75) is 39.7 Å². The van der Waals surface area contributed by atoms with Gasteiger partial charge in [-0.1, -0.05) is 13.8 Å². The summed E-state index contributed by atoms with van der Waals surface area (Å²) in [6.07, 6.45) is -0.313. The largest absolute Gasteiger partial charge is 0.502 e. The van der Waals surface area contributed by atoms with Gasteiger partial charge in [0, 0.05) is 30.0 Å². The molecule has 8 nitrogen and oxygen atoms in total. The van der Waals surface area contributed by atoms with Gasteiger partial charge in [0.1, 0.15) is 11.5 Å². The maximum Gasteiger partial charge on any atom is 0.255 e. The summed E-state index contributed by atoms with van der Waals surface area (Å²) in [7, 11) is 1.54. The molecule has 1 aromatic carbocycles. The SMILES string of the molecule is COc1ccc2c(c1)cc([C@@H](CC(N)=O)c1oc(C)cc(=O)c1O)c(=O)n2CC(C)C. The van der Waals surface area contributed by atoms with Crippen LogP contribution in [0.4, 0.5) is 0 Å². The molecule has 3 rings (SSSR count). The van der Waals surface area contributed by atoms with E-state index >= 15 is 0 Å². The molecule has 3 N–H and O–H groups in total. The van der Waals surface area contributed by atoms with Gasteiger partial charge in [0.05, 0.1) is 18.5 Å². The van der Waals surface area contributed by atoms with Crippen LogP contribution in [0, 0.1) is 12.8 Å². The van der Waals surface area contributed by atoms with E-state index in [9.17, 15) is 19.5 Å². The minimum atomic E-state index is -1.02. The number of rotatable bonds is 7. The molecular weight excluding hydrogens is 400 g/mol. The van der Waals surface area contributed by atoms with E-state index in [0.717, 1.165) is 6.07 Å². The summed E-state index contributed by atoms with van der Waals surface area (Å²) >= 11 is 0. The monoisotopic (exact) mass is 426 g/mol.